The maximum atomic E-state index is 10.0. The van der Waals surface area contributed by atoms with Crippen LogP contribution in [0.4, 0.5) is 0 Å². The van der Waals surface area contributed by atoms with Gasteiger partial charge in [0.1, 0.15) is 0 Å². The molecule has 0 bridgehead atoms. The molecule has 0 radical (unpaired) electrons. The molecule has 1 aliphatic heterocycles. The van der Waals surface area contributed by atoms with E-state index in [9.17, 15) is 10.2 Å². The molecule has 0 amide bonds. The number of aliphatic hydroxyl groups excluding tert-OH is 2. The zero-order valence-electron chi connectivity index (χ0n) is 13.7. The van der Waals surface area contributed by atoms with Gasteiger partial charge >= 0.3 is 0 Å². The minimum absolute atomic E-state index is 0.0730. The molecule has 1 saturated heterocycles. The van der Waals surface area contributed by atoms with Crippen molar-refractivity contribution in [2.45, 2.75) is 38.6 Å². The highest BCUT2D eigenvalue weighted by Gasteiger charge is 2.17. The Morgan fingerprint density at radius 1 is 1.00 bits per heavy atom. The zero-order chi connectivity index (χ0) is 15.7. The quantitative estimate of drug-likeness (QED) is 0.582. The van der Waals surface area contributed by atoms with Crippen LogP contribution in [0.5, 0.6) is 0 Å². The molecule has 6 nitrogen and oxygen atoms in total. The number of nitrogens with zero attached hydrogens (tertiary/aromatic N) is 2. The van der Waals surface area contributed by atoms with E-state index < -0.39 is 12.2 Å². The Balaban J connectivity index is 2.05. The van der Waals surface area contributed by atoms with Crippen LogP contribution in [0.15, 0.2) is 0 Å². The molecule has 0 aliphatic carbocycles. The van der Waals surface area contributed by atoms with Gasteiger partial charge in [0.15, 0.2) is 0 Å². The molecule has 1 fully saturated rings. The van der Waals surface area contributed by atoms with Gasteiger partial charge in [-0.15, -0.1) is 0 Å². The van der Waals surface area contributed by atoms with Gasteiger partial charge in [0, 0.05) is 32.7 Å². The number of ether oxygens (including phenoxy) is 2. The van der Waals surface area contributed by atoms with Crippen LogP contribution >= 0.6 is 0 Å². The van der Waals surface area contributed by atoms with E-state index in [1.165, 1.54) is 0 Å². The van der Waals surface area contributed by atoms with E-state index in [1.54, 1.807) is 0 Å². The summed E-state index contributed by atoms with van der Waals surface area (Å²) in [4.78, 5) is 4.57. The molecule has 0 aromatic carbocycles. The van der Waals surface area contributed by atoms with Crippen molar-refractivity contribution >= 4 is 0 Å². The first-order valence-corrected chi connectivity index (χ1v) is 7.97. The highest BCUT2D eigenvalue weighted by Crippen LogP contribution is 2.02. The van der Waals surface area contributed by atoms with E-state index in [-0.39, 0.29) is 6.10 Å². The Morgan fingerprint density at radius 3 is 2.29 bits per heavy atom. The third-order valence-corrected chi connectivity index (χ3v) is 3.77. The average molecular weight is 304 g/mol. The van der Waals surface area contributed by atoms with Crippen LogP contribution < -0.4 is 0 Å². The maximum absolute atomic E-state index is 10.0. The summed E-state index contributed by atoms with van der Waals surface area (Å²) in [5, 5.41) is 19.4. The van der Waals surface area contributed by atoms with Gasteiger partial charge in [-0.2, -0.15) is 0 Å². The van der Waals surface area contributed by atoms with Crippen LogP contribution in [0.1, 0.15) is 20.3 Å². The highest BCUT2D eigenvalue weighted by atomic mass is 16.5. The molecule has 0 aromatic heterocycles. The van der Waals surface area contributed by atoms with Crippen LogP contribution in [0.3, 0.4) is 0 Å². The second-order valence-electron chi connectivity index (χ2n) is 6.00. The van der Waals surface area contributed by atoms with Crippen molar-refractivity contribution in [1.29, 1.82) is 0 Å². The van der Waals surface area contributed by atoms with Crippen molar-refractivity contribution in [3.05, 3.63) is 0 Å². The summed E-state index contributed by atoms with van der Waals surface area (Å²) in [5.74, 6) is 0. The van der Waals surface area contributed by atoms with Crippen molar-refractivity contribution in [2.75, 3.05) is 59.6 Å². The molecular weight excluding hydrogens is 272 g/mol. The van der Waals surface area contributed by atoms with Crippen molar-refractivity contribution in [1.82, 2.24) is 9.80 Å². The van der Waals surface area contributed by atoms with Gasteiger partial charge in [-0.25, -0.2) is 0 Å². The number of likely N-dealkylation sites (N-methyl/N-ethyl adjacent to an activating group) is 1. The predicted molar refractivity (Wildman–Crippen MR) is 82.5 cm³/mol. The van der Waals surface area contributed by atoms with E-state index in [4.69, 9.17) is 9.47 Å². The van der Waals surface area contributed by atoms with Gasteiger partial charge < -0.3 is 24.6 Å². The fourth-order valence-electron chi connectivity index (χ4n) is 2.19. The fraction of sp³-hybridized carbons (Fsp3) is 1.00. The Hall–Kier alpha value is -0.240. The molecule has 0 aromatic rings. The Kier molecular flexibility index (Phi) is 9.39. The number of hydrogen-bond donors (Lipinski definition) is 2. The standard InChI is InChI=1S/C15H32N2O4/c1-4-14(18)11-20-10-13(2)21-12-15(19)9-17-7-5-16(3)6-8-17/h13-15,18-19H,4-12H2,1-3H3. The third-order valence-electron chi connectivity index (χ3n) is 3.77. The van der Waals surface area contributed by atoms with Gasteiger partial charge in [0.2, 0.25) is 0 Å². The normalized spacial score (nSPS) is 22.1. The Morgan fingerprint density at radius 2 is 1.67 bits per heavy atom. The molecule has 21 heavy (non-hydrogen) atoms. The first-order valence-electron chi connectivity index (χ1n) is 7.97. The van der Waals surface area contributed by atoms with Gasteiger partial charge in [-0.1, -0.05) is 6.92 Å². The molecule has 6 heteroatoms. The molecule has 0 saturated carbocycles. The Bertz CT molecular complexity index is 260. The summed E-state index contributed by atoms with van der Waals surface area (Å²) >= 11 is 0. The van der Waals surface area contributed by atoms with Crippen LogP contribution in [0, 0.1) is 0 Å². The minimum Gasteiger partial charge on any atom is -0.391 e. The smallest absolute Gasteiger partial charge is 0.0900 e. The second kappa shape index (κ2) is 10.5. The van der Waals surface area contributed by atoms with Gasteiger partial charge in [0.05, 0.1) is 38.1 Å². The topological polar surface area (TPSA) is 65.4 Å². The summed E-state index contributed by atoms with van der Waals surface area (Å²) in [5.41, 5.74) is 0. The van der Waals surface area contributed by atoms with Crippen molar-refractivity contribution in [3.63, 3.8) is 0 Å². The van der Waals surface area contributed by atoms with E-state index in [0.717, 1.165) is 26.2 Å². The molecule has 1 heterocycles. The zero-order valence-corrected chi connectivity index (χ0v) is 13.7. The number of aliphatic hydroxyl groups is 2. The molecular formula is C15H32N2O4. The largest absolute Gasteiger partial charge is 0.391 e. The van der Waals surface area contributed by atoms with E-state index in [2.05, 4.69) is 16.8 Å². The van der Waals surface area contributed by atoms with Crippen molar-refractivity contribution in [2.24, 2.45) is 0 Å². The summed E-state index contributed by atoms with van der Waals surface area (Å²) in [7, 11) is 2.12. The summed E-state index contributed by atoms with van der Waals surface area (Å²) in [6.45, 7) is 9.72. The number of piperazine rings is 1. The summed E-state index contributed by atoms with van der Waals surface area (Å²) in [6, 6.07) is 0. The van der Waals surface area contributed by atoms with Gasteiger partial charge in [-0.05, 0) is 20.4 Å². The summed E-state index contributed by atoms with van der Waals surface area (Å²) < 4.78 is 11.0. The lowest BCUT2D eigenvalue weighted by Gasteiger charge is -2.33. The number of rotatable bonds is 10. The molecule has 3 unspecified atom stereocenters. The average Bonchev–Trinajstić information content (AvgIpc) is 2.47. The van der Waals surface area contributed by atoms with Crippen LogP contribution in [-0.4, -0.2) is 97.9 Å². The molecule has 1 rings (SSSR count). The van der Waals surface area contributed by atoms with Gasteiger partial charge in [-0.3, -0.25) is 4.90 Å². The Labute approximate surface area is 128 Å². The highest BCUT2D eigenvalue weighted by molar-refractivity contribution is 4.72. The van der Waals surface area contributed by atoms with Crippen molar-refractivity contribution < 1.29 is 19.7 Å². The molecule has 2 N–H and O–H groups in total. The second-order valence-corrected chi connectivity index (χ2v) is 6.00. The lowest BCUT2D eigenvalue weighted by Crippen LogP contribution is -2.47. The fourth-order valence-corrected chi connectivity index (χ4v) is 2.19. The number of β-amino-alcohol motifs (C(OH)–C–C–N with tert-alkyl or cyclic N) is 1. The third kappa shape index (κ3) is 8.70. The van der Waals surface area contributed by atoms with E-state index >= 15 is 0 Å². The minimum atomic E-state index is -0.461. The lowest BCUT2D eigenvalue weighted by atomic mass is 10.3. The molecule has 126 valence electrons. The van der Waals surface area contributed by atoms with E-state index in [1.807, 2.05) is 13.8 Å². The number of hydrogen-bond acceptors (Lipinski definition) is 6. The first kappa shape index (κ1) is 18.8. The SMILES string of the molecule is CCC(O)COCC(C)OCC(O)CN1CCN(C)CC1. The maximum Gasteiger partial charge on any atom is 0.0900 e. The predicted octanol–water partition coefficient (Wildman–Crippen LogP) is -0.213. The summed E-state index contributed by atoms with van der Waals surface area (Å²) in [6.07, 6.45) is -0.243. The van der Waals surface area contributed by atoms with Crippen LogP contribution in [-0.2, 0) is 9.47 Å². The lowest BCUT2D eigenvalue weighted by molar-refractivity contribution is -0.0606. The molecule has 0 spiro atoms. The first-order chi connectivity index (χ1) is 10.0. The van der Waals surface area contributed by atoms with Crippen LogP contribution in [0.2, 0.25) is 0 Å². The molecule has 3 atom stereocenters. The molecule has 1 aliphatic rings. The van der Waals surface area contributed by atoms with E-state index in [0.29, 0.717) is 32.8 Å². The van der Waals surface area contributed by atoms with Gasteiger partial charge in [0.25, 0.3) is 0 Å². The van der Waals surface area contributed by atoms with Crippen molar-refractivity contribution in [3.8, 4) is 0 Å². The van der Waals surface area contributed by atoms with Crippen LogP contribution in [0.25, 0.3) is 0 Å². The monoisotopic (exact) mass is 304 g/mol.